The molecule has 0 saturated carbocycles. The van der Waals surface area contributed by atoms with Gasteiger partial charge in [0.2, 0.25) is 0 Å². The minimum Gasteiger partial charge on any atom is -0.316 e. The largest absolute Gasteiger partial charge is 0.316 e. The summed E-state index contributed by atoms with van der Waals surface area (Å²) in [7, 11) is 0. The summed E-state index contributed by atoms with van der Waals surface area (Å²) in [6.45, 7) is 6.08. The molecule has 3 aliphatic rings. The number of aryl methyl sites for hydroxylation is 1. The first-order chi connectivity index (χ1) is 9.78. The van der Waals surface area contributed by atoms with Crippen LogP contribution in [0.15, 0.2) is 18.2 Å². The number of nitrogens with zero attached hydrogens (tertiary/aromatic N) is 1. The molecule has 4 unspecified atom stereocenters. The molecule has 1 aromatic rings. The zero-order chi connectivity index (χ0) is 13.7. The normalized spacial score (nSPS) is 36.3. The van der Waals surface area contributed by atoms with Crippen molar-refractivity contribution in [3.8, 4) is 0 Å². The predicted molar refractivity (Wildman–Crippen MR) is 83.1 cm³/mol. The van der Waals surface area contributed by atoms with Crippen LogP contribution < -0.4 is 5.32 Å². The summed E-state index contributed by atoms with van der Waals surface area (Å²) in [5.74, 6) is 1.74. The van der Waals surface area contributed by atoms with Crippen LogP contribution in [0.25, 0.3) is 0 Å². The highest BCUT2D eigenvalue weighted by Gasteiger charge is 2.46. The van der Waals surface area contributed by atoms with E-state index in [-0.39, 0.29) is 0 Å². The Balaban J connectivity index is 1.63. The molecule has 2 heterocycles. The summed E-state index contributed by atoms with van der Waals surface area (Å²) >= 11 is 6.14. The predicted octanol–water partition coefficient (Wildman–Crippen LogP) is 3.26. The molecule has 0 radical (unpaired) electrons. The summed E-state index contributed by atoms with van der Waals surface area (Å²) < 4.78 is 0. The number of halogens is 1. The summed E-state index contributed by atoms with van der Waals surface area (Å²) in [4.78, 5) is 2.82. The van der Waals surface area contributed by atoms with Crippen molar-refractivity contribution in [2.75, 3.05) is 19.6 Å². The molecule has 3 heteroatoms. The van der Waals surface area contributed by atoms with Gasteiger partial charge in [-0.3, -0.25) is 4.90 Å². The van der Waals surface area contributed by atoms with Crippen molar-refractivity contribution >= 4 is 11.6 Å². The van der Waals surface area contributed by atoms with Gasteiger partial charge in [0, 0.05) is 23.7 Å². The molecule has 1 aliphatic carbocycles. The fraction of sp³-hybridized carbons (Fsp3) is 0.647. The van der Waals surface area contributed by atoms with Crippen molar-refractivity contribution in [3.05, 3.63) is 34.3 Å². The maximum atomic E-state index is 6.14. The van der Waals surface area contributed by atoms with Crippen LogP contribution in [0.5, 0.6) is 0 Å². The molecule has 0 amide bonds. The fourth-order valence-electron chi connectivity index (χ4n) is 4.86. The number of likely N-dealkylation sites (tertiary alicyclic amines) is 1. The molecule has 20 heavy (non-hydrogen) atoms. The van der Waals surface area contributed by atoms with Crippen molar-refractivity contribution in [2.24, 2.45) is 11.8 Å². The molecule has 2 saturated heterocycles. The quantitative estimate of drug-likeness (QED) is 0.899. The average Bonchev–Trinajstić information content (AvgIpc) is 3.09. The Bertz CT molecular complexity index is 516. The van der Waals surface area contributed by atoms with Crippen LogP contribution in [0.1, 0.15) is 36.9 Å². The molecule has 1 aromatic carbocycles. The van der Waals surface area contributed by atoms with E-state index in [1.54, 1.807) is 5.56 Å². The first kappa shape index (κ1) is 13.1. The second-order valence-electron chi connectivity index (χ2n) is 6.65. The van der Waals surface area contributed by atoms with Crippen molar-refractivity contribution < 1.29 is 0 Å². The van der Waals surface area contributed by atoms with Crippen LogP contribution in [0.2, 0.25) is 5.02 Å². The first-order valence-electron chi connectivity index (χ1n) is 8.02. The maximum absolute atomic E-state index is 6.14. The summed E-state index contributed by atoms with van der Waals surface area (Å²) in [6, 6.07) is 7.92. The van der Waals surface area contributed by atoms with Gasteiger partial charge in [0.1, 0.15) is 0 Å². The lowest BCUT2D eigenvalue weighted by Crippen LogP contribution is -2.37. The Morgan fingerprint density at radius 3 is 3.10 bits per heavy atom. The Morgan fingerprint density at radius 1 is 1.35 bits per heavy atom. The number of hydrogen-bond donors (Lipinski definition) is 1. The van der Waals surface area contributed by atoms with Gasteiger partial charge in [-0.2, -0.15) is 0 Å². The van der Waals surface area contributed by atoms with Crippen LogP contribution in [0, 0.1) is 11.8 Å². The molecule has 0 bridgehead atoms. The Labute approximate surface area is 126 Å². The molecule has 4 atom stereocenters. The van der Waals surface area contributed by atoms with E-state index in [1.165, 1.54) is 44.5 Å². The Morgan fingerprint density at radius 2 is 2.25 bits per heavy atom. The zero-order valence-electron chi connectivity index (χ0n) is 12.1. The van der Waals surface area contributed by atoms with Crippen LogP contribution in [0.4, 0.5) is 0 Å². The molecular formula is C17H23ClN2. The monoisotopic (exact) mass is 290 g/mol. The van der Waals surface area contributed by atoms with Gasteiger partial charge in [-0.15, -0.1) is 0 Å². The van der Waals surface area contributed by atoms with E-state index in [0.29, 0.717) is 6.04 Å². The lowest BCUT2D eigenvalue weighted by Gasteiger charge is -2.33. The minimum absolute atomic E-state index is 0.637. The molecule has 2 fully saturated rings. The Kier molecular flexibility index (Phi) is 3.29. The van der Waals surface area contributed by atoms with E-state index in [4.69, 9.17) is 11.6 Å². The third-order valence-corrected chi connectivity index (χ3v) is 5.96. The molecule has 0 spiro atoms. The molecular weight excluding hydrogens is 268 g/mol. The van der Waals surface area contributed by atoms with E-state index in [1.807, 2.05) is 0 Å². The molecule has 0 aromatic heterocycles. The van der Waals surface area contributed by atoms with Crippen molar-refractivity contribution in [2.45, 2.75) is 38.3 Å². The SMILES string of the molecule is CCC1C2CNCC2CN1C1CCc2cc(Cl)ccc21. The number of rotatable bonds is 2. The van der Waals surface area contributed by atoms with Crippen LogP contribution in [-0.4, -0.2) is 30.6 Å². The Hall–Kier alpha value is -0.570. The first-order valence-corrected chi connectivity index (χ1v) is 8.40. The van der Waals surface area contributed by atoms with E-state index in [2.05, 4.69) is 35.3 Å². The standard InChI is InChI=1S/C17H23ClN2/c1-2-16-15-9-19-8-12(15)10-20(16)17-6-3-11-7-13(18)4-5-14(11)17/h4-5,7,12,15-17,19H,2-3,6,8-10H2,1H3. The van der Waals surface area contributed by atoms with E-state index in [0.717, 1.165) is 22.9 Å². The number of nitrogens with one attached hydrogen (secondary N) is 1. The van der Waals surface area contributed by atoms with E-state index < -0.39 is 0 Å². The van der Waals surface area contributed by atoms with Gasteiger partial charge in [-0.25, -0.2) is 0 Å². The molecule has 108 valence electrons. The average molecular weight is 291 g/mol. The maximum Gasteiger partial charge on any atom is 0.0408 e. The van der Waals surface area contributed by atoms with Gasteiger partial charge < -0.3 is 5.32 Å². The molecule has 2 aliphatic heterocycles. The number of benzene rings is 1. The van der Waals surface area contributed by atoms with Gasteiger partial charge in [0.05, 0.1) is 0 Å². The molecule has 1 N–H and O–H groups in total. The lowest BCUT2D eigenvalue weighted by atomic mass is 9.92. The van der Waals surface area contributed by atoms with Crippen molar-refractivity contribution in [1.82, 2.24) is 10.2 Å². The van der Waals surface area contributed by atoms with Gasteiger partial charge in [0.15, 0.2) is 0 Å². The van der Waals surface area contributed by atoms with E-state index >= 15 is 0 Å². The van der Waals surface area contributed by atoms with Gasteiger partial charge in [-0.1, -0.05) is 24.6 Å². The third kappa shape index (κ3) is 1.93. The van der Waals surface area contributed by atoms with Gasteiger partial charge in [-0.05, 0) is 67.4 Å². The van der Waals surface area contributed by atoms with Gasteiger partial charge >= 0.3 is 0 Å². The summed E-state index contributed by atoms with van der Waals surface area (Å²) in [5, 5.41) is 4.47. The highest BCUT2D eigenvalue weighted by molar-refractivity contribution is 6.30. The van der Waals surface area contributed by atoms with Crippen molar-refractivity contribution in [3.63, 3.8) is 0 Å². The lowest BCUT2D eigenvalue weighted by molar-refractivity contribution is 0.154. The number of fused-ring (bicyclic) bond motifs is 2. The van der Waals surface area contributed by atoms with Gasteiger partial charge in [0.25, 0.3) is 0 Å². The second kappa shape index (κ2) is 5.01. The minimum atomic E-state index is 0.637. The molecule has 2 nitrogen and oxygen atoms in total. The summed E-state index contributed by atoms with van der Waals surface area (Å²) in [5.41, 5.74) is 3.02. The topological polar surface area (TPSA) is 15.3 Å². The fourth-order valence-corrected chi connectivity index (χ4v) is 5.05. The highest BCUT2D eigenvalue weighted by Crippen LogP contribution is 2.44. The van der Waals surface area contributed by atoms with E-state index in [9.17, 15) is 0 Å². The van der Waals surface area contributed by atoms with Crippen LogP contribution in [-0.2, 0) is 6.42 Å². The zero-order valence-corrected chi connectivity index (χ0v) is 12.9. The highest BCUT2D eigenvalue weighted by atomic mass is 35.5. The van der Waals surface area contributed by atoms with Crippen LogP contribution >= 0.6 is 11.6 Å². The summed E-state index contributed by atoms with van der Waals surface area (Å²) in [6.07, 6.45) is 3.75. The number of hydrogen-bond acceptors (Lipinski definition) is 2. The van der Waals surface area contributed by atoms with Crippen LogP contribution in [0.3, 0.4) is 0 Å². The second-order valence-corrected chi connectivity index (χ2v) is 7.09. The third-order valence-electron chi connectivity index (χ3n) is 5.73. The molecule has 4 rings (SSSR count). The smallest absolute Gasteiger partial charge is 0.0408 e. The van der Waals surface area contributed by atoms with Crippen molar-refractivity contribution in [1.29, 1.82) is 0 Å².